The normalized spacial score (nSPS) is 22.4. The molecule has 0 aliphatic carbocycles. The summed E-state index contributed by atoms with van der Waals surface area (Å²) in [6, 6.07) is -0.300. The summed E-state index contributed by atoms with van der Waals surface area (Å²) in [5, 5.41) is 8.94. The van der Waals surface area contributed by atoms with E-state index in [0.717, 1.165) is 0 Å². The molecule has 4 heteroatoms. The third-order valence-corrected chi connectivity index (χ3v) is 3.14. The molecule has 94 valence electrons. The lowest BCUT2D eigenvalue weighted by Crippen LogP contribution is -2.46. The summed E-state index contributed by atoms with van der Waals surface area (Å²) in [7, 11) is 0. The first kappa shape index (κ1) is 13.6. The van der Waals surface area contributed by atoms with Crippen LogP contribution in [0.3, 0.4) is 0 Å². The van der Waals surface area contributed by atoms with Crippen LogP contribution in [0.15, 0.2) is 0 Å². The molecule has 1 aliphatic rings. The van der Waals surface area contributed by atoms with Crippen LogP contribution in [0.4, 0.5) is 0 Å². The molecule has 0 spiro atoms. The Morgan fingerprint density at radius 3 is 2.59 bits per heavy atom. The fourth-order valence-electron chi connectivity index (χ4n) is 2.19. The molecule has 0 radical (unpaired) electrons. The Kier molecular flexibility index (Phi) is 3.82. The van der Waals surface area contributed by atoms with Gasteiger partial charge in [0.2, 0.25) is 5.91 Å². The highest BCUT2D eigenvalue weighted by Crippen LogP contribution is 2.31. The molecule has 17 heavy (non-hydrogen) atoms. The maximum Gasteiger partial charge on any atom is 0.305 e. The molecule has 4 nitrogen and oxygen atoms in total. The molecule has 2 unspecified atom stereocenters. The quantitative estimate of drug-likeness (QED) is 0.754. The SMILES string of the molecule is C#CC1CC(=O)N(C(CC(=O)O)C(C)(C)C)C1. The molecule has 1 N–H and O–H groups in total. The maximum atomic E-state index is 11.9. The third-order valence-electron chi connectivity index (χ3n) is 3.14. The van der Waals surface area contributed by atoms with E-state index in [9.17, 15) is 9.59 Å². The number of nitrogens with zero attached hydrogens (tertiary/aromatic N) is 1. The van der Waals surface area contributed by atoms with Crippen LogP contribution in [-0.4, -0.2) is 34.5 Å². The van der Waals surface area contributed by atoms with E-state index >= 15 is 0 Å². The molecule has 0 aromatic carbocycles. The van der Waals surface area contributed by atoms with Gasteiger partial charge in [0.1, 0.15) is 0 Å². The van der Waals surface area contributed by atoms with Gasteiger partial charge < -0.3 is 10.0 Å². The summed E-state index contributed by atoms with van der Waals surface area (Å²) in [5.41, 5.74) is -0.266. The topological polar surface area (TPSA) is 57.6 Å². The Morgan fingerprint density at radius 2 is 2.24 bits per heavy atom. The zero-order chi connectivity index (χ0) is 13.2. The highest BCUT2D eigenvalue weighted by Gasteiger charge is 2.39. The highest BCUT2D eigenvalue weighted by molar-refractivity contribution is 5.80. The van der Waals surface area contributed by atoms with Gasteiger partial charge in [-0.15, -0.1) is 12.3 Å². The molecule has 1 amide bonds. The van der Waals surface area contributed by atoms with E-state index in [1.54, 1.807) is 4.90 Å². The van der Waals surface area contributed by atoms with Crippen LogP contribution < -0.4 is 0 Å². The maximum absolute atomic E-state index is 11.9. The van der Waals surface area contributed by atoms with Crippen molar-refractivity contribution < 1.29 is 14.7 Å². The van der Waals surface area contributed by atoms with Crippen molar-refractivity contribution in [1.29, 1.82) is 0 Å². The second-order valence-electron chi connectivity index (χ2n) is 5.59. The Morgan fingerprint density at radius 1 is 1.65 bits per heavy atom. The Balaban J connectivity index is 2.89. The van der Waals surface area contributed by atoms with Crippen molar-refractivity contribution in [3.05, 3.63) is 0 Å². The first-order chi connectivity index (χ1) is 7.75. The van der Waals surface area contributed by atoms with Crippen LogP contribution >= 0.6 is 0 Å². The molecule has 2 atom stereocenters. The van der Waals surface area contributed by atoms with E-state index < -0.39 is 5.97 Å². The fraction of sp³-hybridized carbons (Fsp3) is 0.692. The van der Waals surface area contributed by atoms with Crippen molar-refractivity contribution in [2.45, 2.75) is 39.7 Å². The monoisotopic (exact) mass is 237 g/mol. The molecule has 0 aromatic heterocycles. The Bertz CT molecular complexity index is 362. The van der Waals surface area contributed by atoms with E-state index in [4.69, 9.17) is 11.5 Å². The van der Waals surface area contributed by atoms with Gasteiger partial charge in [-0.05, 0) is 5.41 Å². The molecule has 1 aliphatic heterocycles. The van der Waals surface area contributed by atoms with Crippen LogP contribution in [0.25, 0.3) is 0 Å². The van der Waals surface area contributed by atoms with Crippen LogP contribution in [-0.2, 0) is 9.59 Å². The standard InChI is InChI=1S/C13H19NO3/c1-5-9-6-11(15)14(8-9)10(7-12(16)17)13(2,3)4/h1,9-10H,6-8H2,2-4H3,(H,16,17). The smallest absolute Gasteiger partial charge is 0.305 e. The van der Waals surface area contributed by atoms with Gasteiger partial charge in [0, 0.05) is 24.9 Å². The number of likely N-dealkylation sites (tertiary alicyclic amines) is 1. The number of carboxylic acids is 1. The zero-order valence-corrected chi connectivity index (χ0v) is 10.6. The Hall–Kier alpha value is -1.50. The number of carbonyl (C=O) groups is 2. The number of carboxylic acid groups (broad SMARTS) is 1. The van der Waals surface area contributed by atoms with Crippen molar-refractivity contribution >= 4 is 11.9 Å². The van der Waals surface area contributed by atoms with E-state index in [0.29, 0.717) is 13.0 Å². The first-order valence-electron chi connectivity index (χ1n) is 5.73. The van der Waals surface area contributed by atoms with Crippen molar-refractivity contribution in [1.82, 2.24) is 4.90 Å². The first-order valence-corrected chi connectivity index (χ1v) is 5.73. The molecular weight excluding hydrogens is 218 g/mol. The summed E-state index contributed by atoms with van der Waals surface area (Å²) < 4.78 is 0. The van der Waals surface area contributed by atoms with Crippen LogP contribution in [0.1, 0.15) is 33.6 Å². The molecular formula is C13H19NO3. The number of hydrogen-bond donors (Lipinski definition) is 1. The van der Waals surface area contributed by atoms with Crippen molar-refractivity contribution in [3.8, 4) is 12.3 Å². The Labute approximate surface area is 102 Å². The predicted octanol–water partition coefficient (Wildman–Crippen LogP) is 1.36. The number of rotatable bonds is 3. The lowest BCUT2D eigenvalue weighted by Gasteiger charge is -2.37. The minimum Gasteiger partial charge on any atom is -0.481 e. The molecule has 1 fully saturated rings. The largest absolute Gasteiger partial charge is 0.481 e. The van der Waals surface area contributed by atoms with Gasteiger partial charge >= 0.3 is 5.97 Å². The summed E-state index contributed by atoms with van der Waals surface area (Å²) >= 11 is 0. The lowest BCUT2D eigenvalue weighted by molar-refractivity contribution is -0.141. The van der Waals surface area contributed by atoms with E-state index in [2.05, 4.69) is 5.92 Å². The van der Waals surface area contributed by atoms with Gasteiger partial charge in [-0.3, -0.25) is 9.59 Å². The summed E-state index contributed by atoms with van der Waals surface area (Å²) in [6.07, 6.45) is 5.62. The van der Waals surface area contributed by atoms with Crippen molar-refractivity contribution in [2.24, 2.45) is 11.3 Å². The second-order valence-corrected chi connectivity index (χ2v) is 5.59. The van der Waals surface area contributed by atoms with E-state index in [1.807, 2.05) is 20.8 Å². The molecule has 0 bridgehead atoms. The summed E-state index contributed by atoms with van der Waals surface area (Å²) in [5.74, 6) is 1.57. The second kappa shape index (κ2) is 4.79. The average Bonchev–Trinajstić information content (AvgIpc) is 2.54. The predicted molar refractivity (Wildman–Crippen MR) is 64.1 cm³/mol. The molecule has 0 aromatic rings. The van der Waals surface area contributed by atoms with Crippen molar-refractivity contribution in [2.75, 3.05) is 6.54 Å². The molecule has 1 saturated heterocycles. The average molecular weight is 237 g/mol. The molecule has 0 saturated carbocycles. The van der Waals surface area contributed by atoms with Gasteiger partial charge in [0.05, 0.1) is 6.42 Å². The van der Waals surface area contributed by atoms with E-state index in [1.165, 1.54) is 0 Å². The van der Waals surface area contributed by atoms with Gasteiger partial charge in [-0.25, -0.2) is 0 Å². The summed E-state index contributed by atoms with van der Waals surface area (Å²) in [6.45, 7) is 6.30. The fourth-order valence-corrected chi connectivity index (χ4v) is 2.19. The highest BCUT2D eigenvalue weighted by atomic mass is 16.4. The number of amides is 1. The number of carbonyl (C=O) groups excluding carboxylic acids is 1. The number of aliphatic carboxylic acids is 1. The van der Waals surface area contributed by atoms with Gasteiger partial charge in [-0.1, -0.05) is 20.8 Å². The zero-order valence-electron chi connectivity index (χ0n) is 10.6. The minimum absolute atomic E-state index is 0.0332. The van der Waals surface area contributed by atoms with Crippen molar-refractivity contribution in [3.63, 3.8) is 0 Å². The molecule has 1 rings (SSSR count). The number of terminal acetylenes is 1. The third kappa shape index (κ3) is 3.23. The van der Waals surface area contributed by atoms with Gasteiger partial charge in [-0.2, -0.15) is 0 Å². The molecule has 1 heterocycles. The van der Waals surface area contributed by atoms with Gasteiger partial charge in [0.25, 0.3) is 0 Å². The lowest BCUT2D eigenvalue weighted by atomic mass is 9.83. The van der Waals surface area contributed by atoms with E-state index in [-0.39, 0.29) is 29.7 Å². The summed E-state index contributed by atoms with van der Waals surface area (Å²) in [4.78, 5) is 24.4. The van der Waals surface area contributed by atoms with Crippen LogP contribution in [0, 0.1) is 23.7 Å². The van der Waals surface area contributed by atoms with Crippen LogP contribution in [0.2, 0.25) is 0 Å². The minimum atomic E-state index is -0.887. The van der Waals surface area contributed by atoms with Gasteiger partial charge in [0.15, 0.2) is 0 Å². The number of hydrogen-bond acceptors (Lipinski definition) is 2. The van der Waals surface area contributed by atoms with Crippen LogP contribution in [0.5, 0.6) is 0 Å².